The summed E-state index contributed by atoms with van der Waals surface area (Å²) in [6.45, 7) is 9.20. The van der Waals surface area contributed by atoms with E-state index < -0.39 is 0 Å². The highest BCUT2D eigenvalue weighted by Gasteiger charge is 2.23. The Balaban J connectivity index is 1.52. The van der Waals surface area contributed by atoms with Gasteiger partial charge in [0.25, 0.3) is 0 Å². The van der Waals surface area contributed by atoms with Crippen molar-refractivity contribution in [2.45, 2.75) is 45.7 Å². The van der Waals surface area contributed by atoms with Gasteiger partial charge in [-0.25, -0.2) is 9.97 Å². The Kier molecular flexibility index (Phi) is 6.34. The van der Waals surface area contributed by atoms with Crippen molar-refractivity contribution >= 4 is 11.6 Å². The highest BCUT2D eigenvalue weighted by molar-refractivity contribution is 5.49. The first kappa shape index (κ1) is 19.6. The van der Waals surface area contributed by atoms with Gasteiger partial charge >= 0.3 is 0 Å². The molecular formula is C20H31N5O2. The molecule has 1 saturated heterocycles. The van der Waals surface area contributed by atoms with Crippen molar-refractivity contribution in [2.75, 3.05) is 36.5 Å². The molecule has 0 radical (unpaired) electrons. The molecule has 3 heterocycles. The van der Waals surface area contributed by atoms with Crippen molar-refractivity contribution in [2.24, 2.45) is 5.41 Å². The Morgan fingerprint density at radius 1 is 1.33 bits per heavy atom. The van der Waals surface area contributed by atoms with E-state index in [-0.39, 0.29) is 18.1 Å². The number of hydrogen-bond donors (Lipinski definition) is 3. The summed E-state index contributed by atoms with van der Waals surface area (Å²) in [5, 5.41) is 16.4. The van der Waals surface area contributed by atoms with E-state index in [1.165, 1.54) is 0 Å². The van der Waals surface area contributed by atoms with Crippen LogP contribution in [0.1, 0.15) is 45.2 Å². The van der Waals surface area contributed by atoms with Crippen LogP contribution in [-0.2, 0) is 0 Å². The summed E-state index contributed by atoms with van der Waals surface area (Å²) in [7, 11) is 0. The fourth-order valence-electron chi connectivity index (χ4n) is 3.21. The van der Waals surface area contributed by atoms with Crippen molar-refractivity contribution < 1.29 is 9.52 Å². The van der Waals surface area contributed by atoms with Crippen LogP contribution in [0.2, 0.25) is 0 Å². The first-order valence-corrected chi connectivity index (χ1v) is 9.67. The van der Waals surface area contributed by atoms with E-state index in [2.05, 4.69) is 46.3 Å². The van der Waals surface area contributed by atoms with Crippen LogP contribution >= 0.6 is 0 Å². The van der Waals surface area contributed by atoms with E-state index in [1.807, 2.05) is 12.1 Å². The minimum Gasteiger partial charge on any atom is -0.472 e. The van der Waals surface area contributed by atoms with Gasteiger partial charge in [0.05, 0.1) is 18.6 Å². The predicted octanol–water partition coefficient (Wildman–Crippen LogP) is 2.82. The molecule has 1 atom stereocenters. The third kappa shape index (κ3) is 5.43. The van der Waals surface area contributed by atoms with Gasteiger partial charge in [-0.2, -0.15) is 0 Å². The summed E-state index contributed by atoms with van der Waals surface area (Å²) in [5.74, 6) is 1.78. The van der Waals surface area contributed by atoms with Crippen molar-refractivity contribution in [3.05, 3.63) is 36.5 Å². The molecule has 3 N–H and O–H groups in total. The maximum atomic E-state index is 9.39. The number of hydrogen-bond acceptors (Lipinski definition) is 7. The number of aromatic nitrogens is 2. The molecule has 7 nitrogen and oxygen atoms in total. The molecule has 1 unspecified atom stereocenters. The molecular weight excluding hydrogens is 342 g/mol. The van der Waals surface area contributed by atoms with E-state index >= 15 is 0 Å². The fraction of sp³-hybridized carbons (Fsp3) is 0.600. The number of aliphatic hydroxyl groups is 1. The average Bonchev–Trinajstić information content (AvgIpc) is 3.22. The molecule has 7 heteroatoms. The lowest BCUT2D eigenvalue weighted by Crippen LogP contribution is -2.46. The number of piperidine rings is 1. The van der Waals surface area contributed by atoms with Gasteiger partial charge in [0, 0.05) is 49.3 Å². The third-order valence-electron chi connectivity index (χ3n) is 5.18. The molecule has 0 spiro atoms. The zero-order chi connectivity index (χ0) is 19.3. The number of furan rings is 1. The van der Waals surface area contributed by atoms with Crippen molar-refractivity contribution in [3.8, 4) is 0 Å². The maximum Gasteiger partial charge on any atom is 0.134 e. The van der Waals surface area contributed by atoms with Crippen LogP contribution in [-0.4, -0.2) is 47.4 Å². The van der Waals surface area contributed by atoms with Gasteiger partial charge in [0.1, 0.15) is 18.0 Å². The van der Waals surface area contributed by atoms with Crippen molar-refractivity contribution in [1.29, 1.82) is 0 Å². The number of anilines is 2. The first-order chi connectivity index (χ1) is 13.0. The maximum absolute atomic E-state index is 9.39. The van der Waals surface area contributed by atoms with Gasteiger partial charge in [0.15, 0.2) is 0 Å². The highest BCUT2D eigenvalue weighted by atomic mass is 16.3. The SMILES string of the molecule is CC(Nc1cc(N2CCC(NCC(C)(C)CO)CC2)ncn1)c1ccoc1. The summed E-state index contributed by atoms with van der Waals surface area (Å²) in [6, 6.07) is 4.58. The van der Waals surface area contributed by atoms with Crippen molar-refractivity contribution in [1.82, 2.24) is 15.3 Å². The Morgan fingerprint density at radius 3 is 2.78 bits per heavy atom. The minimum atomic E-state index is -0.0734. The topological polar surface area (TPSA) is 86.5 Å². The summed E-state index contributed by atoms with van der Waals surface area (Å²) in [6.07, 6.45) is 7.18. The first-order valence-electron chi connectivity index (χ1n) is 9.67. The van der Waals surface area contributed by atoms with Gasteiger partial charge < -0.3 is 25.1 Å². The van der Waals surface area contributed by atoms with E-state index in [9.17, 15) is 5.11 Å². The lowest BCUT2D eigenvalue weighted by Gasteiger charge is -2.35. The van der Waals surface area contributed by atoms with Crippen LogP contribution in [0.25, 0.3) is 0 Å². The minimum absolute atomic E-state index is 0.0734. The quantitative estimate of drug-likeness (QED) is 0.656. The number of nitrogens with one attached hydrogen (secondary N) is 2. The summed E-state index contributed by atoms with van der Waals surface area (Å²) in [4.78, 5) is 11.1. The van der Waals surface area contributed by atoms with Crippen LogP contribution in [0.4, 0.5) is 11.6 Å². The highest BCUT2D eigenvalue weighted by Crippen LogP contribution is 2.23. The molecule has 1 aliphatic heterocycles. The Morgan fingerprint density at radius 2 is 2.11 bits per heavy atom. The van der Waals surface area contributed by atoms with Crippen LogP contribution < -0.4 is 15.5 Å². The molecule has 0 aromatic carbocycles. The zero-order valence-electron chi connectivity index (χ0n) is 16.5. The second-order valence-electron chi connectivity index (χ2n) is 8.15. The van der Waals surface area contributed by atoms with Gasteiger partial charge in [-0.05, 0) is 25.8 Å². The Labute approximate surface area is 161 Å². The predicted molar refractivity (Wildman–Crippen MR) is 107 cm³/mol. The van der Waals surface area contributed by atoms with E-state index in [4.69, 9.17) is 4.42 Å². The summed E-state index contributed by atoms with van der Waals surface area (Å²) in [5.41, 5.74) is 1.02. The van der Waals surface area contributed by atoms with Gasteiger partial charge in [-0.1, -0.05) is 13.8 Å². The Hall–Kier alpha value is -2.12. The van der Waals surface area contributed by atoms with Gasteiger partial charge in [0.2, 0.25) is 0 Å². The standard InChI is InChI=1S/C20H31N5O2/c1-15(16-6-9-27-11-16)24-18-10-19(23-14-22-18)25-7-4-17(5-8-25)21-12-20(2,3)13-26/h6,9-11,14-15,17,21,26H,4-5,7-8,12-13H2,1-3H3,(H,22,23,24). The van der Waals surface area contributed by atoms with Crippen LogP contribution in [0.3, 0.4) is 0 Å². The Bertz CT molecular complexity index is 696. The van der Waals surface area contributed by atoms with Crippen LogP contribution in [0.15, 0.2) is 35.4 Å². The summed E-state index contributed by atoms with van der Waals surface area (Å²) < 4.78 is 5.15. The molecule has 0 bridgehead atoms. The van der Waals surface area contributed by atoms with Gasteiger partial charge in [-0.15, -0.1) is 0 Å². The number of aliphatic hydroxyl groups excluding tert-OH is 1. The summed E-state index contributed by atoms with van der Waals surface area (Å²) >= 11 is 0. The van der Waals surface area contributed by atoms with Crippen LogP contribution in [0, 0.1) is 5.41 Å². The lowest BCUT2D eigenvalue weighted by atomic mass is 9.93. The number of nitrogens with zero attached hydrogens (tertiary/aromatic N) is 3. The van der Waals surface area contributed by atoms with E-state index in [0.29, 0.717) is 6.04 Å². The second-order valence-corrected chi connectivity index (χ2v) is 8.15. The number of rotatable bonds is 8. The van der Waals surface area contributed by atoms with Crippen molar-refractivity contribution in [3.63, 3.8) is 0 Å². The lowest BCUT2D eigenvalue weighted by molar-refractivity contribution is 0.151. The molecule has 3 rings (SSSR count). The van der Waals surface area contributed by atoms with E-state index in [1.54, 1.807) is 18.9 Å². The molecule has 0 saturated carbocycles. The molecule has 1 fully saturated rings. The molecule has 148 valence electrons. The molecule has 2 aromatic rings. The smallest absolute Gasteiger partial charge is 0.134 e. The van der Waals surface area contributed by atoms with E-state index in [0.717, 1.165) is 49.7 Å². The molecule has 2 aromatic heterocycles. The molecule has 27 heavy (non-hydrogen) atoms. The average molecular weight is 374 g/mol. The second kappa shape index (κ2) is 8.71. The monoisotopic (exact) mass is 373 g/mol. The third-order valence-corrected chi connectivity index (χ3v) is 5.18. The molecule has 0 aliphatic carbocycles. The normalized spacial score (nSPS) is 17.1. The zero-order valence-corrected chi connectivity index (χ0v) is 16.5. The molecule has 0 amide bonds. The largest absolute Gasteiger partial charge is 0.472 e. The molecule has 1 aliphatic rings. The van der Waals surface area contributed by atoms with Crippen LogP contribution in [0.5, 0.6) is 0 Å². The fourth-order valence-corrected chi connectivity index (χ4v) is 3.21. The van der Waals surface area contributed by atoms with Gasteiger partial charge in [-0.3, -0.25) is 0 Å².